The van der Waals surface area contributed by atoms with E-state index in [2.05, 4.69) is 5.32 Å². The Hall–Kier alpha value is -1.80. The number of nitrogens with two attached hydrogens (primary N) is 1. The summed E-state index contributed by atoms with van der Waals surface area (Å²) < 4.78 is 45.8. The Morgan fingerprint density at radius 1 is 1.27 bits per heavy atom. The van der Waals surface area contributed by atoms with Crippen molar-refractivity contribution in [1.82, 2.24) is 5.32 Å². The van der Waals surface area contributed by atoms with E-state index in [1.165, 1.54) is 6.07 Å². The number of benzene rings is 1. The van der Waals surface area contributed by atoms with Crippen molar-refractivity contribution in [2.75, 3.05) is 31.2 Å². The number of carbonyl (C=O) groups excluding carboxylic acids is 1. The molecule has 26 heavy (non-hydrogen) atoms. The largest absolute Gasteiger partial charge is 0.416 e. The lowest BCUT2D eigenvalue weighted by Crippen LogP contribution is -2.38. The van der Waals surface area contributed by atoms with Gasteiger partial charge in [-0.3, -0.25) is 4.79 Å². The lowest BCUT2D eigenvalue weighted by atomic mass is 10.0. The Morgan fingerprint density at radius 3 is 2.62 bits per heavy atom. The normalized spacial score (nSPS) is 23.9. The van der Waals surface area contributed by atoms with Crippen LogP contribution in [-0.4, -0.2) is 38.3 Å². The summed E-state index contributed by atoms with van der Waals surface area (Å²) >= 11 is 0. The summed E-state index contributed by atoms with van der Waals surface area (Å²) in [6.45, 7) is 1.97. The third-order valence-corrected chi connectivity index (χ3v) is 5.13. The second-order valence-electron chi connectivity index (χ2n) is 6.86. The van der Waals surface area contributed by atoms with Crippen LogP contribution in [0.2, 0.25) is 0 Å². The molecule has 1 saturated heterocycles. The molecule has 5 nitrogen and oxygen atoms in total. The number of nitrogens with zero attached hydrogens (tertiary/aromatic N) is 1. The molecule has 3 rings (SSSR count). The minimum Gasteiger partial charge on any atom is -0.378 e. The molecule has 2 fully saturated rings. The van der Waals surface area contributed by atoms with Crippen LogP contribution in [0.25, 0.3) is 0 Å². The highest BCUT2D eigenvalue weighted by Gasteiger charge is 2.35. The van der Waals surface area contributed by atoms with Gasteiger partial charge in [0.2, 0.25) is 5.91 Å². The summed E-state index contributed by atoms with van der Waals surface area (Å²) in [7, 11) is 0. The van der Waals surface area contributed by atoms with Gasteiger partial charge >= 0.3 is 6.18 Å². The molecule has 1 aliphatic heterocycles. The van der Waals surface area contributed by atoms with Gasteiger partial charge in [-0.25, -0.2) is 0 Å². The molecule has 3 N–H and O–H groups in total. The van der Waals surface area contributed by atoms with Crippen molar-refractivity contribution in [3.8, 4) is 0 Å². The molecule has 0 bridgehead atoms. The second kappa shape index (κ2) is 7.84. The lowest BCUT2D eigenvalue weighted by molar-refractivity contribution is -0.138. The van der Waals surface area contributed by atoms with Crippen molar-refractivity contribution >= 4 is 11.6 Å². The molecule has 0 aromatic heterocycles. The molecule has 1 aliphatic carbocycles. The van der Waals surface area contributed by atoms with E-state index in [1.54, 1.807) is 6.07 Å². The van der Waals surface area contributed by atoms with E-state index in [-0.39, 0.29) is 30.0 Å². The zero-order chi connectivity index (χ0) is 18.7. The zero-order valence-electron chi connectivity index (χ0n) is 14.5. The predicted molar refractivity (Wildman–Crippen MR) is 91.6 cm³/mol. The van der Waals surface area contributed by atoms with Crippen molar-refractivity contribution in [2.45, 2.75) is 38.0 Å². The molecule has 1 saturated carbocycles. The Kier molecular flexibility index (Phi) is 5.72. The van der Waals surface area contributed by atoms with Crippen LogP contribution >= 0.6 is 0 Å². The van der Waals surface area contributed by atoms with Crippen LogP contribution in [0.4, 0.5) is 18.9 Å². The summed E-state index contributed by atoms with van der Waals surface area (Å²) in [5.74, 6) is -0.572. The highest BCUT2D eigenvalue weighted by molar-refractivity contribution is 5.79. The molecule has 0 unspecified atom stereocenters. The van der Waals surface area contributed by atoms with Crippen LogP contribution in [0.15, 0.2) is 18.2 Å². The number of hydrogen-bond acceptors (Lipinski definition) is 4. The highest BCUT2D eigenvalue weighted by Crippen LogP contribution is 2.35. The number of morpholine rings is 1. The van der Waals surface area contributed by atoms with E-state index in [4.69, 9.17) is 10.5 Å². The Balaban J connectivity index is 1.74. The number of amides is 1. The summed E-state index contributed by atoms with van der Waals surface area (Å²) in [5.41, 5.74) is 5.77. The average molecular weight is 371 g/mol. The van der Waals surface area contributed by atoms with Crippen LogP contribution in [0, 0.1) is 5.92 Å². The fourth-order valence-electron chi connectivity index (χ4n) is 3.63. The van der Waals surface area contributed by atoms with Crippen LogP contribution in [0.3, 0.4) is 0 Å². The quantitative estimate of drug-likeness (QED) is 0.852. The average Bonchev–Trinajstić information content (AvgIpc) is 3.05. The van der Waals surface area contributed by atoms with Gasteiger partial charge in [0.25, 0.3) is 0 Å². The molecule has 2 atom stereocenters. The third kappa shape index (κ3) is 4.29. The first-order chi connectivity index (χ1) is 12.4. The van der Waals surface area contributed by atoms with E-state index in [0.717, 1.165) is 18.9 Å². The van der Waals surface area contributed by atoms with Gasteiger partial charge in [0.1, 0.15) is 0 Å². The number of carbonyl (C=O) groups is 1. The van der Waals surface area contributed by atoms with Crippen molar-refractivity contribution < 1.29 is 22.7 Å². The van der Waals surface area contributed by atoms with Crippen molar-refractivity contribution in [3.05, 3.63) is 29.3 Å². The summed E-state index contributed by atoms with van der Waals surface area (Å²) in [4.78, 5) is 14.1. The van der Waals surface area contributed by atoms with Gasteiger partial charge in [-0.15, -0.1) is 0 Å². The Morgan fingerprint density at radius 2 is 2.00 bits per heavy atom. The van der Waals surface area contributed by atoms with E-state index in [0.29, 0.717) is 38.4 Å². The van der Waals surface area contributed by atoms with Crippen molar-refractivity contribution in [2.24, 2.45) is 11.7 Å². The topological polar surface area (TPSA) is 67.6 Å². The van der Waals surface area contributed by atoms with E-state index < -0.39 is 11.7 Å². The molecule has 1 aromatic carbocycles. The van der Waals surface area contributed by atoms with Crippen molar-refractivity contribution in [1.29, 1.82) is 0 Å². The maximum atomic E-state index is 13.5. The summed E-state index contributed by atoms with van der Waals surface area (Å²) in [6, 6.07) is 4.07. The zero-order valence-corrected chi connectivity index (χ0v) is 14.5. The van der Waals surface area contributed by atoms with Gasteiger partial charge in [-0.05, 0) is 30.5 Å². The summed E-state index contributed by atoms with van der Waals surface area (Å²) in [5, 5.41) is 2.63. The molecule has 144 valence electrons. The first-order valence-corrected chi connectivity index (χ1v) is 8.92. The minimum absolute atomic E-state index is 0.0643. The molecule has 1 aromatic rings. The van der Waals surface area contributed by atoms with E-state index in [9.17, 15) is 18.0 Å². The number of halogens is 3. The number of hydrogen-bond donors (Lipinski definition) is 2. The predicted octanol–water partition coefficient (Wildman–Crippen LogP) is 2.29. The highest BCUT2D eigenvalue weighted by atomic mass is 19.4. The van der Waals surface area contributed by atoms with Crippen LogP contribution in [0.5, 0.6) is 0 Å². The molecule has 2 aliphatic rings. The number of ether oxygens (including phenoxy) is 1. The first-order valence-electron chi connectivity index (χ1n) is 8.92. The summed E-state index contributed by atoms with van der Waals surface area (Å²) in [6.07, 6.45) is -2.14. The molecule has 8 heteroatoms. The molecule has 0 spiro atoms. The van der Waals surface area contributed by atoms with Gasteiger partial charge in [0, 0.05) is 31.4 Å². The number of alkyl halides is 3. The van der Waals surface area contributed by atoms with E-state index >= 15 is 0 Å². The maximum absolute atomic E-state index is 13.5. The monoisotopic (exact) mass is 371 g/mol. The first kappa shape index (κ1) is 19.0. The van der Waals surface area contributed by atoms with Gasteiger partial charge in [-0.2, -0.15) is 13.2 Å². The maximum Gasteiger partial charge on any atom is 0.416 e. The van der Waals surface area contributed by atoms with Gasteiger partial charge in [0.05, 0.1) is 24.7 Å². The van der Waals surface area contributed by atoms with Crippen LogP contribution in [0.1, 0.15) is 30.4 Å². The molecule has 1 heterocycles. The molecular formula is C18H24F3N3O2. The Labute approximate surface area is 150 Å². The van der Waals surface area contributed by atoms with Crippen LogP contribution < -0.4 is 16.0 Å². The van der Waals surface area contributed by atoms with Gasteiger partial charge < -0.3 is 20.7 Å². The van der Waals surface area contributed by atoms with E-state index in [1.807, 2.05) is 4.90 Å². The van der Waals surface area contributed by atoms with Crippen LogP contribution in [-0.2, 0) is 22.3 Å². The minimum atomic E-state index is -4.48. The fraction of sp³-hybridized carbons (Fsp3) is 0.611. The molecular weight excluding hydrogens is 347 g/mol. The van der Waals surface area contributed by atoms with Gasteiger partial charge in [-0.1, -0.05) is 12.5 Å². The molecule has 0 radical (unpaired) electrons. The molecule has 1 amide bonds. The number of nitrogens with one attached hydrogen (secondary N) is 1. The second-order valence-corrected chi connectivity index (χ2v) is 6.86. The van der Waals surface area contributed by atoms with Crippen molar-refractivity contribution in [3.63, 3.8) is 0 Å². The Bertz CT molecular complexity index is 645. The number of rotatable bonds is 4. The van der Waals surface area contributed by atoms with Gasteiger partial charge in [0.15, 0.2) is 0 Å². The smallest absolute Gasteiger partial charge is 0.378 e. The number of anilines is 1. The third-order valence-electron chi connectivity index (χ3n) is 5.13. The lowest BCUT2D eigenvalue weighted by Gasteiger charge is -2.29. The SMILES string of the molecule is N[C@@H]1CCC[C@@H]1C(=O)NCc1ccc(N2CCOCC2)cc1C(F)(F)F. The fourth-order valence-corrected chi connectivity index (χ4v) is 3.63. The standard InChI is InChI=1S/C18H24F3N3O2/c19-18(20,21)15-10-13(24-6-8-26-9-7-24)5-4-12(15)11-23-17(25)14-2-1-3-16(14)22/h4-5,10,14,16H,1-3,6-9,11,22H2,(H,23,25)/t14-,16+/m0/s1.